The number of sulfonamides is 1. The minimum Gasteiger partial charge on any atom is -0.475 e. The zero-order valence-electron chi connectivity index (χ0n) is 28.2. The molecule has 1 amide bonds. The molecule has 2 aromatic carbocycles. The van der Waals surface area contributed by atoms with Crippen molar-refractivity contribution in [3.63, 3.8) is 0 Å². The van der Waals surface area contributed by atoms with E-state index in [0.717, 1.165) is 41.6 Å². The highest BCUT2D eigenvalue weighted by atomic mass is 32.2. The maximum Gasteiger partial charge on any atom is 0.264 e. The number of aromatic nitrogens is 4. The van der Waals surface area contributed by atoms with Crippen LogP contribution in [0, 0.1) is 19.3 Å². The van der Waals surface area contributed by atoms with Crippen molar-refractivity contribution < 1.29 is 17.9 Å². The highest BCUT2D eigenvalue weighted by Gasteiger charge is 2.32. The fourth-order valence-corrected chi connectivity index (χ4v) is 7.40. The first-order valence-corrected chi connectivity index (χ1v) is 17.9. The van der Waals surface area contributed by atoms with Crippen LogP contribution < -0.4 is 9.46 Å². The normalized spacial score (nSPS) is 18.0. The van der Waals surface area contributed by atoms with Gasteiger partial charge in [0, 0.05) is 17.2 Å². The number of rotatable bonds is 5. The Morgan fingerprint density at radius 2 is 1.71 bits per heavy atom. The second-order valence-corrected chi connectivity index (χ2v) is 15.5. The maximum absolute atomic E-state index is 14.4. The molecule has 1 atom stereocenters. The quantitative estimate of drug-likeness (QED) is 0.238. The van der Waals surface area contributed by atoms with Crippen LogP contribution in [-0.4, -0.2) is 52.0 Å². The fourth-order valence-electron chi connectivity index (χ4n) is 6.41. The van der Waals surface area contributed by atoms with Gasteiger partial charge in [0.15, 0.2) is 0 Å². The van der Waals surface area contributed by atoms with Crippen LogP contribution in [0.15, 0.2) is 71.6 Å². The van der Waals surface area contributed by atoms with Gasteiger partial charge in [0.2, 0.25) is 11.8 Å². The topological polar surface area (TPSA) is 127 Å². The minimum absolute atomic E-state index is 0.0756. The summed E-state index contributed by atoms with van der Waals surface area (Å²) in [6, 6.07) is 17.2. The van der Waals surface area contributed by atoms with Crippen molar-refractivity contribution >= 4 is 27.5 Å². The van der Waals surface area contributed by atoms with Gasteiger partial charge in [0.25, 0.3) is 15.9 Å². The summed E-state index contributed by atoms with van der Waals surface area (Å²) in [7, 11) is -4.16. The van der Waals surface area contributed by atoms with Crippen LogP contribution in [0.1, 0.15) is 85.7 Å². The molecule has 10 nitrogen and oxygen atoms in total. The Morgan fingerprint density at radius 1 is 0.938 bits per heavy atom. The molecule has 0 saturated carbocycles. The molecule has 2 aliphatic rings. The van der Waals surface area contributed by atoms with Gasteiger partial charge in [-0.05, 0) is 98.4 Å². The zero-order valence-corrected chi connectivity index (χ0v) is 29.0. The lowest BCUT2D eigenvalue weighted by molar-refractivity contribution is 0.0508. The van der Waals surface area contributed by atoms with E-state index in [4.69, 9.17) is 4.74 Å². The van der Waals surface area contributed by atoms with E-state index in [9.17, 15) is 13.2 Å². The number of carbonyl (C=O) groups is 1. The molecule has 48 heavy (non-hydrogen) atoms. The first kappa shape index (κ1) is 33.3. The highest BCUT2D eigenvalue weighted by Crippen LogP contribution is 2.32. The lowest BCUT2D eigenvalue weighted by Crippen LogP contribution is -2.45. The van der Waals surface area contributed by atoms with Gasteiger partial charge in [0.1, 0.15) is 6.61 Å². The van der Waals surface area contributed by atoms with Gasteiger partial charge in [0.05, 0.1) is 34.6 Å². The van der Waals surface area contributed by atoms with Gasteiger partial charge in [-0.25, -0.2) is 18.1 Å². The van der Waals surface area contributed by atoms with E-state index in [1.807, 2.05) is 44.2 Å². The van der Waals surface area contributed by atoms with Crippen molar-refractivity contribution in [2.45, 2.75) is 84.2 Å². The Labute approximate surface area is 282 Å². The largest absolute Gasteiger partial charge is 0.475 e. The number of aryl methyl sites for hydroxylation is 2. The van der Waals surface area contributed by atoms with E-state index in [-0.39, 0.29) is 46.8 Å². The van der Waals surface area contributed by atoms with Crippen molar-refractivity contribution in [2.75, 3.05) is 11.3 Å². The minimum atomic E-state index is -4.16. The Bertz CT molecular complexity index is 1950. The molecule has 0 fully saturated rings. The monoisotopic (exact) mass is 666 g/mol. The molecule has 4 bridgehead atoms. The first-order chi connectivity index (χ1) is 22.9. The summed E-state index contributed by atoms with van der Waals surface area (Å²) < 4.78 is 36.2. The zero-order chi connectivity index (χ0) is 34.1. The van der Waals surface area contributed by atoms with E-state index < -0.39 is 16.1 Å². The van der Waals surface area contributed by atoms with Crippen LogP contribution in [0.5, 0.6) is 5.88 Å². The van der Waals surface area contributed by atoms with Crippen LogP contribution in [0.25, 0.3) is 16.8 Å². The van der Waals surface area contributed by atoms with E-state index >= 15 is 0 Å². The molecule has 0 saturated heterocycles. The van der Waals surface area contributed by atoms with Crippen molar-refractivity contribution in [1.29, 1.82) is 0 Å². The van der Waals surface area contributed by atoms with Gasteiger partial charge >= 0.3 is 0 Å². The molecule has 2 aromatic heterocycles. The molecule has 4 aromatic rings. The van der Waals surface area contributed by atoms with Crippen molar-refractivity contribution in [3.8, 4) is 17.1 Å². The highest BCUT2D eigenvalue weighted by molar-refractivity contribution is 7.92. The number of nitrogens with one attached hydrogen (secondary N) is 1. The Balaban J connectivity index is 1.45. The Kier molecular flexibility index (Phi) is 9.33. The number of amides is 1. The van der Waals surface area contributed by atoms with Crippen LogP contribution in [0.4, 0.5) is 5.95 Å². The Morgan fingerprint density at radius 3 is 2.40 bits per heavy atom. The summed E-state index contributed by atoms with van der Waals surface area (Å²) >= 11 is 0. The number of anilines is 1. The molecule has 250 valence electrons. The van der Waals surface area contributed by atoms with Crippen LogP contribution in [0.2, 0.25) is 0 Å². The lowest BCUT2D eigenvalue weighted by Gasteiger charge is -2.35. The Hall–Kier alpha value is -4.64. The van der Waals surface area contributed by atoms with Crippen molar-refractivity contribution in [1.82, 2.24) is 25.1 Å². The molecular weight excluding hydrogens is 625 g/mol. The van der Waals surface area contributed by atoms with E-state index in [1.165, 1.54) is 24.1 Å². The number of hydrogen-bond acceptors (Lipinski definition) is 8. The summed E-state index contributed by atoms with van der Waals surface area (Å²) in [6.45, 7) is 10.6. The average Bonchev–Trinajstić information content (AvgIpc) is 3.05. The third kappa shape index (κ3) is 7.57. The number of fused-ring (bicyclic) bond motifs is 4. The third-order valence-electron chi connectivity index (χ3n) is 8.70. The molecule has 1 aliphatic heterocycles. The number of carbonyl (C=O) groups excluding carboxylic acids is 1. The molecular formula is C37H42N6O4S. The number of allylic oxidation sites excluding steroid dienone is 2. The molecule has 11 heteroatoms. The molecule has 0 spiro atoms. The number of ether oxygens (including phenoxy) is 1. The predicted molar refractivity (Wildman–Crippen MR) is 186 cm³/mol. The van der Waals surface area contributed by atoms with Gasteiger partial charge < -0.3 is 9.64 Å². The molecule has 1 aliphatic carbocycles. The van der Waals surface area contributed by atoms with Crippen molar-refractivity contribution in [2.24, 2.45) is 5.41 Å². The molecule has 6 rings (SSSR count). The first-order valence-electron chi connectivity index (χ1n) is 16.4. The molecule has 0 unspecified atom stereocenters. The van der Waals surface area contributed by atoms with E-state index in [0.29, 0.717) is 17.8 Å². The SMILES string of the molecule is Cc1cccc(C)c1-c1cc2nc(n1)NS(=O)(=O)c1cccc(c1)C(=O)N(Cc1ccc(C3=CCCCC3)nn1)[C@H](CC(C)(C)C)CO2. The van der Waals surface area contributed by atoms with Crippen LogP contribution in [-0.2, 0) is 16.6 Å². The van der Waals surface area contributed by atoms with Crippen molar-refractivity contribution in [3.05, 3.63) is 94.8 Å². The summed E-state index contributed by atoms with van der Waals surface area (Å²) in [5.74, 6) is -0.254. The summed E-state index contributed by atoms with van der Waals surface area (Å²) in [4.78, 5) is 25.1. The lowest BCUT2D eigenvalue weighted by atomic mass is 9.87. The smallest absolute Gasteiger partial charge is 0.264 e. The van der Waals surface area contributed by atoms with Crippen LogP contribution >= 0.6 is 0 Å². The predicted octanol–water partition coefficient (Wildman–Crippen LogP) is 7.15. The second kappa shape index (κ2) is 13.5. The van der Waals surface area contributed by atoms with Crippen LogP contribution in [0.3, 0.4) is 0 Å². The van der Waals surface area contributed by atoms with E-state index in [2.05, 4.69) is 51.7 Å². The standard InChI is InChI=1S/C37H42N6O4S/c1-24-11-9-12-25(2)34(24)32-20-33-39-36(38-32)42-48(45,46)30-16-10-15-27(19-30)35(44)43(29(23-47-33)21-37(3,4)5)22-28-17-18-31(41-40-28)26-13-7-6-8-14-26/h9-13,15-20,29H,6-8,14,21-23H2,1-5H3,(H,38,39,42)/t29-/m1/s1. The molecule has 3 heterocycles. The van der Waals surface area contributed by atoms with Gasteiger partial charge in [-0.2, -0.15) is 15.2 Å². The third-order valence-corrected chi connectivity index (χ3v) is 10.0. The number of nitrogens with zero attached hydrogens (tertiary/aromatic N) is 5. The van der Waals surface area contributed by atoms with Gasteiger partial charge in [-0.15, -0.1) is 0 Å². The second-order valence-electron chi connectivity index (χ2n) is 13.9. The summed E-state index contributed by atoms with van der Waals surface area (Å²) in [6.07, 6.45) is 7.16. The van der Waals surface area contributed by atoms with Gasteiger partial charge in [-0.3, -0.25) is 4.79 Å². The number of hydrogen-bond donors (Lipinski definition) is 1. The van der Waals surface area contributed by atoms with Gasteiger partial charge in [-0.1, -0.05) is 51.1 Å². The molecule has 0 radical (unpaired) electrons. The number of benzene rings is 2. The summed E-state index contributed by atoms with van der Waals surface area (Å²) in [5.41, 5.74) is 6.09. The average molecular weight is 667 g/mol. The fraction of sp³-hybridized carbons (Fsp3) is 0.378. The summed E-state index contributed by atoms with van der Waals surface area (Å²) in [5, 5.41) is 9.07. The maximum atomic E-state index is 14.4. The molecule has 1 N–H and O–H groups in total. The van der Waals surface area contributed by atoms with E-state index in [1.54, 1.807) is 23.1 Å².